The summed E-state index contributed by atoms with van der Waals surface area (Å²) in [5.74, 6) is -1.04. The van der Waals surface area contributed by atoms with Gasteiger partial charge in [-0.3, -0.25) is 9.36 Å². The quantitative estimate of drug-likeness (QED) is 0.504. The number of carbonyl (C=O) groups is 1. The van der Waals surface area contributed by atoms with E-state index in [-0.39, 0.29) is 25.6 Å². The lowest BCUT2D eigenvalue weighted by Crippen LogP contribution is -2.14. The van der Waals surface area contributed by atoms with E-state index in [1.165, 1.54) is 7.11 Å². The number of rotatable bonds is 8. The van der Waals surface area contributed by atoms with Crippen LogP contribution in [0.2, 0.25) is 0 Å². The third-order valence-electron chi connectivity index (χ3n) is 2.53. The van der Waals surface area contributed by atoms with E-state index in [0.717, 1.165) is 0 Å². The van der Waals surface area contributed by atoms with Gasteiger partial charge in [-0.25, -0.2) is 0 Å². The van der Waals surface area contributed by atoms with Crippen LogP contribution in [0.25, 0.3) is 0 Å². The SMILES string of the molecule is CCOP(=O)(OCC)[C@@H]1CC(CCC(=O)OC)=NO1. The third-order valence-corrected chi connectivity index (χ3v) is 4.75. The minimum absolute atomic E-state index is 0.221. The van der Waals surface area contributed by atoms with Crippen molar-refractivity contribution in [1.82, 2.24) is 0 Å². The average Bonchev–Trinajstić information content (AvgIpc) is 2.86. The van der Waals surface area contributed by atoms with Gasteiger partial charge in [-0.15, -0.1) is 0 Å². The fraction of sp³-hybridized carbons (Fsp3) is 0.818. The van der Waals surface area contributed by atoms with Crippen molar-refractivity contribution >= 4 is 19.3 Å². The summed E-state index contributed by atoms with van der Waals surface area (Å²) in [6.07, 6.45) is 0.981. The Morgan fingerprint density at radius 3 is 2.58 bits per heavy atom. The van der Waals surface area contributed by atoms with Gasteiger partial charge in [0.25, 0.3) is 0 Å². The Bertz CT molecular complexity index is 373. The highest BCUT2D eigenvalue weighted by Gasteiger charge is 2.41. The molecule has 1 aliphatic heterocycles. The standard InChI is InChI=1S/C11H20NO6P/c1-4-16-19(14,17-5-2)11-8-9(12-18-11)6-7-10(13)15-3/h11H,4-8H2,1-3H3/t11-/m1/s1. The molecule has 0 aromatic rings. The molecule has 0 aromatic heterocycles. The number of esters is 1. The second-order valence-electron chi connectivity index (χ2n) is 3.87. The van der Waals surface area contributed by atoms with E-state index in [9.17, 15) is 9.36 Å². The van der Waals surface area contributed by atoms with Crippen LogP contribution in [0.5, 0.6) is 0 Å². The molecule has 0 radical (unpaired) electrons. The third kappa shape index (κ3) is 4.60. The molecule has 1 atom stereocenters. The number of oxime groups is 1. The Labute approximate surface area is 112 Å². The fourth-order valence-corrected chi connectivity index (χ4v) is 3.36. The van der Waals surface area contributed by atoms with E-state index in [1.54, 1.807) is 13.8 Å². The van der Waals surface area contributed by atoms with Crippen LogP contribution in [-0.2, 0) is 28.0 Å². The first-order valence-electron chi connectivity index (χ1n) is 6.22. The molecule has 0 N–H and O–H groups in total. The molecule has 7 nitrogen and oxygen atoms in total. The van der Waals surface area contributed by atoms with Crippen LogP contribution in [0.4, 0.5) is 0 Å². The molecule has 1 heterocycles. The molecule has 0 spiro atoms. The maximum atomic E-state index is 12.4. The first-order chi connectivity index (χ1) is 9.05. The fourth-order valence-electron chi connectivity index (χ4n) is 1.64. The molecule has 0 amide bonds. The largest absolute Gasteiger partial charge is 0.469 e. The van der Waals surface area contributed by atoms with E-state index in [4.69, 9.17) is 13.9 Å². The van der Waals surface area contributed by atoms with Crippen molar-refractivity contribution in [3.05, 3.63) is 0 Å². The lowest BCUT2D eigenvalue weighted by Gasteiger charge is -2.20. The van der Waals surface area contributed by atoms with E-state index in [1.807, 2.05) is 0 Å². The van der Waals surface area contributed by atoms with Gasteiger partial charge in [0.1, 0.15) is 0 Å². The number of hydrogen-bond acceptors (Lipinski definition) is 7. The topological polar surface area (TPSA) is 83.4 Å². The maximum Gasteiger partial charge on any atom is 0.374 e. The van der Waals surface area contributed by atoms with Crippen molar-refractivity contribution in [2.45, 2.75) is 39.0 Å². The summed E-state index contributed by atoms with van der Waals surface area (Å²) in [5, 5.41) is 3.83. The first kappa shape index (κ1) is 16.1. The van der Waals surface area contributed by atoms with Crippen LogP contribution < -0.4 is 0 Å². The molecule has 0 saturated heterocycles. The molecule has 1 aliphatic rings. The van der Waals surface area contributed by atoms with Crippen molar-refractivity contribution in [3.63, 3.8) is 0 Å². The molecule has 0 fully saturated rings. The molecule has 0 unspecified atom stereocenters. The number of carbonyl (C=O) groups excluding carboxylic acids is 1. The number of nitrogens with zero attached hydrogens (tertiary/aromatic N) is 1. The highest BCUT2D eigenvalue weighted by Crippen LogP contribution is 2.56. The molecule has 8 heteroatoms. The van der Waals surface area contributed by atoms with Gasteiger partial charge in [0.2, 0.25) is 5.85 Å². The predicted molar refractivity (Wildman–Crippen MR) is 69.0 cm³/mol. The van der Waals surface area contributed by atoms with Gasteiger partial charge in [-0.2, -0.15) is 0 Å². The van der Waals surface area contributed by atoms with Crippen molar-refractivity contribution < 1.29 is 28.0 Å². The van der Waals surface area contributed by atoms with Crippen molar-refractivity contribution in [2.75, 3.05) is 20.3 Å². The molecule has 0 saturated carbocycles. The lowest BCUT2D eigenvalue weighted by atomic mass is 10.2. The van der Waals surface area contributed by atoms with Gasteiger partial charge in [-0.1, -0.05) is 5.16 Å². The number of hydrogen-bond donors (Lipinski definition) is 0. The van der Waals surface area contributed by atoms with E-state index in [0.29, 0.717) is 18.6 Å². The summed E-state index contributed by atoms with van der Waals surface area (Å²) < 4.78 is 27.3. The van der Waals surface area contributed by atoms with Gasteiger partial charge in [0.15, 0.2) is 0 Å². The summed E-state index contributed by atoms with van der Waals surface area (Å²) in [5.41, 5.74) is 0.662. The predicted octanol–water partition coefficient (Wildman–Crippen LogP) is 2.31. The summed E-state index contributed by atoms with van der Waals surface area (Å²) in [6, 6.07) is 0. The lowest BCUT2D eigenvalue weighted by molar-refractivity contribution is -0.140. The van der Waals surface area contributed by atoms with E-state index < -0.39 is 13.4 Å². The second-order valence-corrected chi connectivity index (χ2v) is 6.05. The Morgan fingerprint density at radius 1 is 1.42 bits per heavy atom. The van der Waals surface area contributed by atoms with Crippen LogP contribution in [0.3, 0.4) is 0 Å². The minimum atomic E-state index is -3.31. The Hall–Kier alpha value is -0.910. The highest BCUT2D eigenvalue weighted by molar-refractivity contribution is 7.54. The van der Waals surface area contributed by atoms with Crippen LogP contribution in [0, 0.1) is 0 Å². The molecule has 0 aliphatic carbocycles. The molecule has 0 aromatic carbocycles. The van der Waals surface area contributed by atoms with Crippen LogP contribution >= 0.6 is 7.60 Å². The van der Waals surface area contributed by atoms with Crippen molar-refractivity contribution in [3.8, 4) is 0 Å². The summed E-state index contributed by atoms with van der Waals surface area (Å²) >= 11 is 0. The normalized spacial score (nSPS) is 18.9. The monoisotopic (exact) mass is 293 g/mol. The minimum Gasteiger partial charge on any atom is -0.469 e. The highest BCUT2D eigenvalue weighted by atomic mass is 31.2. The van der Waals surface area contributed by atoms with Crippen molar-refractivity contribution in [2.24, 2.45) is 5.16 Å². The molecule has 0 bridgehead atoms. The zero-order valence-electron chi connectivity index (χ0n) is 11.5. The smallest absolute Gasteiger partial charge is 0.374 e. The van der Waals surface area contributed by atoms with Crippen LogP contribution in [0.1, 0.15) is 33.1 Å². The second kappa shape index (κ2) is 7.62. The molecule has 19 heavy (non-hydrogen) atoms. The molecule has 110 valence electrons. The average molecular weight is 293 g/mol. The Kier molecular flexibility index (Phi) is 6.48. The first-order valence-corrected chi connectivity index (χ1v) is 7.84. The van der Waals surface area contributed by atoms with Gasteiger partial charge in [-0.05, 0) is 20.3 Å². The zero-order chi connectivity index (χ0) is 14.3. The van der Waals surface area contributed by atoms with Gasteiger partial charge < -0.3 is 18.6 Å². The van der Waals surface area contributed by atoms with Crippen LogP contribution in [0.15, 0.2) is 5.16 Å². The Balaban J connectivity index is 2.52. The van der Waals surface area contributed by atoms with Gasteiger partial charge in [0.05, 0.1) is 32.5 Å². The van der Waals surface area contributed by atoms with Gasteiger partial charge in [0, 0.05) is 6.42 Å². The van der Waals surface area contributed by atoms with E-state index >= 15 is 0 Å². The maximum absolute atomic E-state index is 12.4. The summed E-state index contributed by atoms with van der Waals surface area (Å²) in [4.78, 5) is 16.2. The zero-order valence-corrected chi connectivity index (χ0v) is 12.4. The summed E-state index contributed by atoms with van der Waals surface area (Å²) in [6.45, 7) is 4.02. The summed E-state index contributed by atoms with van der Waals surface area (Å²) in [7, 11) is -1.98. The number of ether oxygens (including phenoxy) is 1. The van der Waals surface area contributed by atoms with Crippen LogP contribution in [-0.4, -0.2) is 37.8 Å². The van der Waals surface area contributed by atoms with E-state index in [2.05, 4.69) is 9.89 Å². The van der Waals surface area contributed by atoms with Gasteiger partial charge >= 0.3 is 13.6 Å². The molecule has 1 rings (SSSR count). The number of methoxy groups -OCH3 is 1. The molecular weight excluding hydrogens is 273 g/mol. The van der Waals surface area contributed by atoms with Crippen molar-refractivity contribution in [1.29, 1.82) is 0 Å². The Morgan fingerprint density at radius 2 is 2.05 bits per heavy atom. The molecular formula is C11H20NO6P.